The van der Waals surface area contributed by atoms with E-state index in [9.17, 15) is 0 Å². The third kappa shape index (κ3) is 4.20. The van der Waals surface area contributed by atoms with Gasteiger partial charge in [0.15, 0.2) is 5.82 Å². The van der Waals surface area contributed by atoms with Crippen molar-refractivity contribution in [1.29, 1.82) is 0 Å². The Morgan fingerprint density at radius 3 is 2.95 bits per heavy atom. The highest BCUT2D eigenvalue weighted by Gasteiger charge is 2.03. The molecule has 0 saturated carbocycles. The average molecular weight is 276 g/mol. The standard InChI is InChI=1S/C13H20N6O/c1-3-20-9-13-17-11(14)6-12(18-13)15-5-4-10-7-16-19(2)8-10/h6-8H,3-5,9H2,1-2H3,(H3,14,15,17,18). The summed E-state index contributed by atoms with van der Waals surface area (Å²) < 4.78 is 7.08. The zero-order valence-corrected chi connectivity index (χ0v) is 11.8. The molecule has 0 aliphatic heterocycles. The van der Waals surface area contributed by atoms with Gasteiger partial charge < -0.3 is 15.8 Å². The van der Waals surface area contributed by atoms with Gasteiger partial charge in [0.05, 0.1) is 6.20 Å². The molecule has 0 radical (unpaired) electrons. The van der Waals surface area contributed by atoms with Gasteiger partial charge in [0.2, 0.25) is 0 Å². The fraction of sp³-hybridized carbons (Fsp3) is 0.462. The first-order valence-electron chi connectivity index (χ1n) is 6.60. The van der Waals surface area contributed by atoms with Gasteiger partial charge in [-0.25, -0.2) is 9.97 Å². The van der Waals surface area contributed by atoms with Crippen molar-refractivity contribution in [3.8, 4) is 0 Å². The number of rotatable bonds is 7. The summed E-state index contributed by atoms with van der Waals surface area (Å²) in [4.78, 5) is 8.49. The molecule has 0 atom stereocenters. The molecule has 0 aliphatic rings. The predicted octanol–water partition coefficient (Wildman–Crippen LogP) is 0.983. The molecule has 2 aromatic heterocycles. The number of hydrogen-bond donors (Lipinski definition) is 2. The molecule has 0 fully saturated rings. The maximum atomic E-state index is 5.76. The average Bonchev–Trinajstić information content (AvgIpc) is 2.81. The Morgan fingerprint density at radius 1 is 1.40 bits per heavy atom. The van der Waals surface area contributed by atoms with Crippen molar-refractivity contribution < 1.29 is 4.74 Å². The minimum absolute atomic E-state index is 0.374. The molecule has 0 amide bonds. The van der Waals surface area contributed by atoms with Gasteiger partial charge in [-0.15, -0.1) is 0 Å². The van der Waals surface area contributed by atoms with Crippen LogP contribution in [0.2, 0.25) is 0 Å². The number of nitrogens with zero attached hydrogens (tertiary/aromatic N) is 4. The molecule has 7 heteroatoms. The molecule has 20 heavy (non-hydrogen) atoms. The van der Waals surface area contributed by atoms with E-state index in [1.54, 1.807) is 10.7 Å². The van der Waals surface area contributed by atoms with Gasteiger partial charge in [-0.1, -0.05) is 0 Å². The van der Waals surface area contributed by atoms with Gasteiger partial charge >= 0.3 is 0 Å². The molecule has 0 spiro atoms. The van der Waals surface area contributed by atoms with Crippen LogP contribution in [0.5, 0.6) is 0 Å². The van der Waals surface area contributed by atoms with Crippen LogP contribution in [0.3, 0.4) is 0 Å². The monoisotopic (exact) mass is 276 g/mol. The van der Waals surface area contributed by atoms with Crippen LogP contribution < -0.4 is 11.1 Å². The Labute approximate surface area is 118 Å². The summed E-state index contributed by atoms with van der Waals surface area (Å²) in [6, 6.07) is 1.72. The smallest absolute Gasteiger partial charge is 0.158 e. The molecule has 0 unspecified atom stereocenters. The second-order valence-corrected chi connectivity index (χ2v) is 4.43. The molecule has 0 bridgehead atoms. The summed E-state index contributed by atoms with van der Waals surface area (Å²) in [5.41, 5.74) is 6.93. The van der Waals surface area contributed by atoms with Gasteiger partial charge in [-0.3, -0.25) is 4.68 Å². The fourth-order valence-corrected chi connectivity index (χ4v) is 1.80. The lowest BCUT2D eigenvalue weighted by Gasteiger charge is -2.08. The van der Waals surface area contributed by atoms with Gasteiger partial charge in [0, 0.05) is 32.5 Å². The number of nitrogens with two attached hydrogens (primary N) is 1. The lowest BCUT2D eigenvalue weighted by Crippen LogP contribution is -2.10. The third-order valence-corrected chi connectivity index (χ3v) is 2.71. The van der Waals surface area contributed by atoms with Crippen molar-refractivity contribution >= 4 is 11.6 Å². The summed E-state index contributed by atoms with van der Waals surface area (Å²) in [6.45, 7) is 3.69. The van der Waals surface area contributed by atoms with Crippen LogP contribution in [-0.4, -0.2) is 32.9 Å². The SMILES string of the molecule is CCOCc1nc(N)cc(NCCc2cnn(C)c2)n1. The number of nitrogen functional groups attached to an aromatic ring is 1. The quantitative estimate of drug-likeness (QED) is 0.783. The van der Waals surface area contributed by atoms with Gasteiger partial charge in [-0.2, -0.15) is 5.10 Å². The lowest BCUT2D eigenvalue weighted by molar-refractivity contribution is 0.128. The molecule has 0 saturated heterocycles. The van der Waals surface area contributed by atoms with Gasteiger partial charge in [0.1, 0.15) is 18.2 Å². The minimum Gasteiger partial charge on any atom is -0.384 e. The maximum Gasteiger partial charge on any atom is 0.158 e. The first kappa shape index (κ1) is 14.3. The number of anilines is 2. The molecule has 2 aromatic rings. The summed E-state index contributed by atoms with van der Waals surface area (Å²) in [5.74, 6) is 1.76. The van der Waals surface area contributed by atoms with Crippen molar-refractivity contribution in [2.24, 2.45) is 7.05 Å². The lowest BCUT2D eigenvalue weighted by atomic mass is 10.2. The molecular formula is C13H20N6O. The largest absolute Gasteiger partial charge is 0.384 e. The molecule has 3 N–H and O–H groups in total. The van der Waals surface area contributed by atoms with Crippen molar-refractivity contribution in [3.63, 3.8) is 0 Å². The first-order chi connectivity index (χ1) is 9.67. The zero-order valence-electron chi connectivity index (χ0n) is 11.8. The van der Waals surface area contributed by atoms with E-state index < -0.39 is 0 Å². The summed E-state index contributed by atoms with van der Waals surface area (Å²) in [7, 11) is 1.90. The Kier molecular flexibility index (Phi) is 4.89. The van der Waals surface area contributed by atoms with E-state index in [4.69, 9.17) is 10.5 Å². The molecule has 7 nitrogen and oxygen atoms in total. The second kappa shape index (κ2) is 6.85. The number of aryl methyl sites for hydroxylation is 1. The molecule has 2 rings (SSSR count). The van der Waals surface area contributed by atoms with E-state index in [1.807, 2.05) is 26.4 Å². The second-order valence-electron chi connectivity index (χ2n) is 4.43. The molecule has 0 aromatic carbocycles. The van der Waals surface area contributed by atoms with E-state index in [1.165, 1.54) is 5.56 Å². The Bertz CT molecular complexity index is 554. The summed E-state index contributed by atoms with van der Waals surface area (Å²) >= 11 is 0. The Hall–Kier alpha value is -2.15. The van der Waals surface area contributed by atoms with E-state index in [0.717, 1.165) is 18.8 Å². The van der Waals surface area contributed by atoms with Crippen molar-refractivity contribution in [2.45, 2.75) is 20.0 Å². The zero-order chi connectivity index (χ0) is 14.4. The van der Waals surface area contributed by atoms with Crippen molar-refractivity contribution in [1.82, 2.24) is 19.7 Å². The molecular weight excluding hydrogens is 256 g/mol. The number of ether oxygens (including phenoxy) is 1. The van der Waals surface area contributed by atoms with Crippen LogP contribution in [0.15, 0.2) is 18.5 Å². The molecule has 2 heterocycles. The number of nitrogens with one attached hydrogen (secondary N) is 1. The van der Waals surface area contributed by atoms with Crippen LogP contribution in [0.25, 0.3) is 0 Å². The summed E-state index contributed by atoms with van der Waals surface area (Å²) in [6.07, 6.45) is 4.73. The van der Waals surface area contributed by atoms with Gasteiger partial charge in [-0.05, 0) is 18.9 Å². The van der Waals surface area contributed by atoms with E-state index in [2.05, 4.69) is 20.4 Å². The van der Waals surface area contributed by atoms with Gasteiger partial charge in [0.25, 0.3) is 0 Å². The topological polar surface area (TPSA) is 90.9 Å². The van der Waals surface area contributed by atoms with E-state index >= 15 is 0 Å². The van der Waals surface area contributed by atoms with Crippen LogP contribution in [-0.2, 0) is 24.8 Å². The Morgan fingerprint density at radius 2 is 2.25 bits per heavy atom. The molecule has 0 aliphatic carbocycles. The van der Waals surface area contributed by atoms with Crippen molar-refractivity contribution in [3.05, 3.63) is 29.8 Å². The third-order valence-electron chi connectivity index (χ3n) is 2.71. The first-order valence-corrected chi connectivity index (χ1v) is 6.60. The number of aromatic nitrogens is 4. The van der Waals surface area contributed by atoms with E-state index in [0.29, 0.717) is 24.9 Å². The van der Waals surface area contributed by atoms with Crippen LogP contribution in [0, 0.1) is 0 Å². The van der Waals surface area contributed by atoms with Crippen LogP contribution >= 0.6 is 0 Å². The highest BCUT2D eigenvalue weighted by Crippen LogP contribution is 2.09. The van der Waals surface area contributed by atoms with Crippen molar-refractivity contribution in [2.75, 3.05) is 24.2 Å². The normalized spacial score (nSPS) is 10.7. The molecule has 108 valence electrons. The predicted molar refractivity (Wildman–Crippen MR) is 77.2 cm³/mol. The highest BCUT2D eigenvalue weighted by atomic mass is 16.5. The Balaban J connectivity index is 1.89. The van der Waals surface area contributed by atoms with E-state index in [-0.39, 0.29) is 0 Å². The van der Waals surface area contributed by atoms with Crippen LogP contribution in [0.4, 0.5) is 11.6 Å². The van der Waals surface area contributed by atoms with Crippen LogP contribution in [0.1, 0.15) is 18.3 Å². The minimum atomic E-state index is 0.374. The number of hydrogen-bond acceptors (Lipinski definition) is 6. The summed E-state index contributed by atoms with van der Waals surface area (Å²) in [5, 5.41) is 7.37. The highest BCUT2D eigenvalue weighted by molar-refractivity contribution is 5.44. The fourth-order valence-electron chi connectivity index (χ4n) is 1.80. The maximum absolute atomic E-state index is 5.76.